The molecule has 2 rings (SSSR count). The van der Waals surface area contributed by atoms with E-state index in [9.17, 15) is 9.59 Å². The molecule has 2 amide bonds. The van der Waals surface area contributed by atoms with Crippen molar-refractivity contribution in [1.82, 2.24) is 5.32 Å². The van der Waals surface area contributed by atoms with Crippen LogP contribution >= 0.6 is 0 Å². The predicted molar refractivity (Wildman–Crippen MR) is 94.5 cm³/mol. The number of amides is 2. The summed E-state index contributed by atoms with van der Waals surface area (Å²) in [6.45, 7) is 6.43. The highest BCUT2D eigenvalue weighted by Crippen LogP contribution is 2.16. The minimum Gasteiger partial charge on any atom is -0.494 e. The van der Waals surface area contributed by atoms with Gasteiger partial charge in [0.25, 0.3) is 11.8 Å². The summed E-state index contributed by atoms with van der Waals surface area (Å²) in [5.41, 5.74) is 1.50. The lowest BCUT2D eigenvalue weighted by Crippen LogP contribution is -2.23. The molecule has 0 aliphatic carbocycles. The molecule has 2 aromatic carbocycles. The molecular weight excluding hydrogens is 304 g/mol. The third-order valence-electron chi connectivity index (χ3n) is 3.22. The second-order valence-electron chi connectivity index (χ2n) is 4.99. The van der Waals surface area contributed by atoms with Gasteiger partial charge in [0.2, 0.25) is 0 Å². The topological polar surface area (TPSA) is 67.4 Å². The molecule has 5 nitrogen and oxygen atoms in total. The number of hydrogen-bond donors (Lipinski definition) is 2. The van der Waals surface area contributed by atoms with Gasteiger partial charge >= 0.3 is 0 Å². The van der Waals surface area contributed by atoms with Gasteiger partial charge in [-0.1, -0.05) is 12.1 Å². The normalized spacial score (nSPS) is 9.88. The first-order valence-corrected chi connectivity index (χ1v) is 7.67. The Morgan fingerprint density at radius 3 is 2.38 bits per heavy atom. The molecule has 0 unspecified atom stereocenters. The molecular formula is C19H20N2O3. The Kier molecular flexibility index (Phi) is 6.14. The highest BCUT2D eigenvalue weighted by molar-refractivity contribution is 6.06. The van der Waals surface area contributed by atoms with Gasteiger partial charge in [0, 0.05) is 23.4 Å². The molecule has 0 bridgehead atoms. The Labute approximate surface area is 141 Å². The van der Waals surface area contributed by atoms with Crippen LogP contribution in [0.1, 0.15) is 27.6 Å². The monoisotopic (exact) mass is 324 g/mol. The predicted octanol–water partition coefficient (Wildman–Crippen LogP) is 3.25. The fraction of sp³-hybridized carbons (Fsp3) is 0.158. The van der Waals surface area contributed by atoms with E-state index in [1.807, 2.05) is 6.92 Å². The summed E-state index contributed by atoms with van der Waals surface area (Å²) in [5, 5.41) is 5.47. The average Bonchev–Trinajstić information content (AvgIpc) is 2.61. The van der Waals surface area contributed by atoms with E-state index in [1.54, 1.807) is 54.6 Å². The van der Waals surface area contributed by atoms with Crippen LogP contribution in [0.15, 0.2) is 61.2 Å². The SMILES string of the molecule is C=CCNC(=O)c1cccc(C(=O)Nc2ccc(OCC)cc2)c1. The van der Waals surface area contributed by atoms with E-state index in [4.69, 9.17) is 4.74 Å². The fourth-order valence-electron chi connectivity index (χ4n) is 2.07. The molecule has 0 heterocycles. The molecule has 2 N–H and O–H groups in total. The van der Waals surface area contributed by atoms with Crippen LogP contribution in [-0.4, -0.2) is 25.0 Å². The molecule has 0 aliphatic rings. The maximum atomic E-state index is 12.3. The standard InChI is InChI=1S/C19H20N2O3/c1-3-12-20-18(22)14-6-5-7-15(13-14)19(23)21-16-8-10-17(11-9-16)24-4-2/h3,5-11,13H,1,4,12H2,2H3,(H,20,22)(H,21,23). The fourth-order valence-corrected chi connectivity index (χ4v) is 2.07. The molecule has 0 saturated carbocycles. The van der Waals surface area contributed by atoms with Crippen LogP contribution in [0.25, 0.3) is 0 Å². The van der Waals surface area contributed by atoms with E-state index in [-0.39, 0.29) is 11.8 Å². The van der Waals surface area contributed by atoms with Crippen LogP contribution < -0.4 is 15.4 Å². The molecule has 0 radical (unpaired) electrons. The summed E-state index contributed by atoms with van der Waals surface area (Å²) in [5.74, 6) is 0.222. The summed E-state index contributed by atoms with van der Waals surface area (Å²) < 4.78 is 5.36. The largest absolute Gasteiger partial charge is 0.494 e. The number of hydrogen-bond acceptors (Lipinski definition) is 3. The van der Waals surface area contributed by atoms with E-state index in [2.05, 4.69) is 17.2 Å². The Hall–Kier alpha value is -3.08. The molecule has 0 fully saturated rings. The second-order valence-corrected chi connectivity index (χ2v) is 4.99. The molecule has 0 aliphatic heterocycles. The number of carbonyl (C=O) groups is 2. The number of nitrogens with one attached hydrogen (secondary N) is 2. The molecule has 2 aromatic rings. The van der Waals surface area contributed by atoms with E-state index in [0.29, 0.717) is 30.0 Å². The highest BCUT2D eigenvalue weighted by atomic mass is 16.5. The lowest BCUT2D eigenvalue weighted by atomic mass is 10.1. The van der Waals surface area contributed by atoms with Crippen LogP contribution in [0.2, 0.25) is 0 Å². The van der Waals surface area contributed by atoms with Crippen LogP contribution in [0.5, 0.6) is 5.75 Å². The molecule has 0 saturated heterocycles. The van der Waals surface area contributed by atoms with E-state index >= 15 is 0 Å². The molecule has 0 aromatic heterocycles. The first-order valence-electron chi connectivity index (χ1n) is 7.67. The number of carbonyl (C=O) groups excluding carboxylic acids is 2. The van der Waals surface area contributed by atoms with Crippen LogP contribution in [-0.2, 0) is 0 Å². The second kappa shape index (κ2) is 8.53. The summed E-state index contributed by atoms with van der Waals surface area (Å²) in [4.78, 5) is 24.3. The van der Waals surface area contributed by atoms with E-state index in [0.717, 1.165) is 5.75 Å². The van der Waals surface area contributed by atoms with E-state index in [1.165, 1.54) is 0 Å². The molecule has 24 heavy (non-hydrogen) atoms. The van der Waals surface area contributed by atoms with Gasteiger partial charge in [-0.05, 0) is 49.4 Å². The number of rotatable bonds is 7. The Morgan fingerprint density at radius 1 is 1.08 bits per heavy atom. The van der Waals surface area contributed by atoms with Gasteiger partial charge in [-0.25, -0.2) is 0 Å². The first-order chi connectivity index (χ1) is 11.6. The zero-order valence-corrected chi connectivity index (χ0v) is 13.5. The van der Waals surface area contributed by atoms with Crippen molar-refractivity contribution in [1.29, 1.82) is 0 Å². The van der Waals surface area contributed by atoms with Crippen LogP contribution in [0, 0.1) is 0 Å². The third-order valence-corrected chi connectivity index (χ3v) is 3.22. The summed E-state index contributed by atoms with van der Waals surface area (Å²) in [6, 6.07) is 13.7. The molecule has 0 spiro atoms. The molecule has 0 atom stereocenters. The molecule has 5 heteroatoms. The van der Waals surface area contributed by atoms with Crippen LogP contribution in [0.3, 0.4) is 0 Å². The average molecular weight is 324 g/mol. The van der Waals surface area contributed by atoms with Gasteiger partial charge in [0.05, 0.1) is 6.61 Å². The Morgan fingerprint density at radius 2 is 1.75 bits per heavy atom. The highest BCUT2D eigenvalue weighted by Gasteiger charge is 2.10. The van der Waals surface area contributed by atoms with Crippen molar-refractivity contribution in [2.45, 2.75) is 6.92 Å². The van der Waals surface area contributed by atoms with Gasteiger partial charge in [-0.3, -0.25) is 9.59 Å². The maximum absolute atomic E-state index is 12.3. The van der Waals surface area contributed by atoms with E-state index < -0.39 is 0 Å². The first kappa shape index (κ1) is 17.3. The number of benzene rings is 2. The van der Waals surface area contributed by atoms with Crippen molar-refractivity contribution in [3.8, 4) is 5.75 Å². The van der Waals surface area contributed by atoms with Crippen molar-refractivity contribution in [2.75, 3.05) is 18.5 Å². The quantitative estimate of drug-likeness (QED) is 0.768. The number of anilines is 1. The Bertz CT molecular complexity index is 724. The lowest BCUT2D eigenvalue weighted by Gasteiger charge is -2.08. The summed E-state index contributed by atoms with van der Waals surface area (Å²) in [7, 11) is 0. The number of ether oxygens (including phenoxy) is 1. The Balaban J connectivity index is 2.06. The zero-order chi connectivity index (χ0) is 17.4. The summed E-state index contributed by atoms with van der Waals surface area (Å²) in [6.07, 6.45) is 1.60. The van der Waals surface area contributed by atoms with Crippen molar-refractivity contribution >= 4 is 17.5 Å². The minimum atomic E-state index is -0.280. The maximum Gasteiger partial charge on any atom is 0.255 e. The third kappa shape index (κ3) is 4.71. The van der Waals surface area contributed by atoms with Crippen molar-refractivity contribution in [2.24, 2.45) is 0 Å². The minimum absolute atomic E-state index is 0.245. The summed E-state index contributed by atoms with van der Waals surface area (Å²) >= 11 is 0. The smallest absolute Gasteiger partial charge is 0.255 e. The van der Waals surface area contributed by atoms with Crippen molar-refractivity contribution < 1.29 is 14.3 Å². The van der Waals surface area contributed by atoms with Gasteiger partial charge < -0.3 is 15.4 Å². The van der Waals surface area contributed by atoms with Crippen molar-refractivity contribution in [3.63, 3.8) is 0 Å². The van der Waals surface area contributed by atoms with Crippen LogP contribution in [0.4, 0.5) is 5.69 Å². The zero-order valence-electron chi connectivity index (χ0n) is 13.5. The van der Waals surface area contributed by atoms with Crippen molar-refractivity contribution in [3.05, 3.63) is 72.3 Å². The van der Waals surface area contributed by atoms with Gasteiger partial charge in [-0.15, -0.1) is 6.58 Å². The van der Waals surface area contributed by atoms with Gasteiger partial charge in [0.15, 0.2) is 0 Å². The van der Waals surface area contributed by atoms with Gasteiger partial charge in [0.1, 0.15) is 5.75 Å². The lowest BCUT2D eigenvalue weighted by molar-refractivity contribution is 0.0958. The van der Waals surface area contributed by atoms with Gasteiger partial charge in [-0.2, -0.15) is 0 Å². The molecule has 124 valence electrons.